The highest BCUT2D eigenvalue weighted by Gasteiger charge is 2.37. The number of hydrogen-bond donors (Lipinski definition) is 1. The fourth-order valence-electron chi connectivity index (χ4n) is 3.83. The number of ether oxygens (including phenoxy) is 1. The van der Waals surface area contributed by atoms with Crippen molar-refractivity contribution in [3.8, 4) is 11.3 Å². The fourth-order valence-corrected chi connectivity index (χ4v) is 4.65. The molecule has 0 bridgehead atoms. The van der Waals surface area contributed by atoms with Crippen LogP contribution in [0.5, 0.6) is 0 Å². The first-order valence-corrected chi connectivity index (χ1v) is 12.1. The average molecular weight is 432 g/mol. The molecule has 2 atom stereocenters. The minimum atomic E-state index is -3.41. The number of carbonyl (C=O) groups excluding carboxylic acids is 1. The molecule has 0 radical (unpaired) electrons. The van der Waals surface area contributed by atoms with E-state index >= 15 is 0 Å². The Balaban J connectivity index is 1.89. The van der Waals surface area contributed by atoms with E-state index in [1.54, 1.807) is 24.9 Å². The Morgan fingerprint density at radius 1 is 1.27 bits per heavy atom. The van der Waals surface area contributed by atoms with E-state index in [4.69, 9.17) is 4.74 Å². The molecule has 0 spiro atoms. The molecule has 1 saturated heterocycles. The van der Waals surface area contributed by atoms with Gasteiger partial charge in [0.05, 0.1) is 24.1 Å². The molecule has 8 heteroatoms. The summed E-state index contributed by atoms with van der Waals surface area (Å²) in [7, 11) is -3.41. The van der Waals surface area contributed by atoms with Crippen molar-refractivity contribution < 1.29 is 17.9 Å². The highest BCUT2D eigenvalue weighted by Crippen LogP contribution is 2.25. The number of piperidine rings is 1. The molecule has 1 aliphatic rings. The first-order valence-electron chi connectivity index (χ1n) is 10.2. The monoisotopic (exact) mass is 431 g/mol. The van der Waals surface area contributed by atoms with E-state index in [1.807, 2.05) is 42.5 Å². The highest BCUT2D eigenvalue weighted by atomic mass is 32.2. The van der Waals surface area contributed by atoms with Crippen LogP contribution >= 0.6 is 0 Å². The Hall–Kier alpha value is -2.45. The van der Waals surface area contributed by atoms with Gasteiger partial charge in [-0.1, -0.05) is 30.3 Å². The Bertz CT molecular complexity index is 963. The lowest BCUT2D eigenvalue weighted by molar-refractivity contribution is 0.0461. The summed E-state index contributed by atoms with van der Waals surface area (Å²) in [5, 5.41) is 0. The second-order valence-corrected chi connectivity index (χ2v) is 9.73. The van der Waals surface area contributed by atoms with Gasteiger partial charge in [0.1, 0.15) is 0 Å². The van der Waals surface area contributed by atoms with Crippen LogP contribution in [0.15, 0.2) is 48.7 Å². The number of nitrogens with one attached hydrogen (secondary N) is 1. The number of rotatable bonds is 6. The molecule has 1 N–H and O–H groups in total. The summed E-state index contributed by atoms with van der Waals surface area (Å²) in [5.41, 5.74) is 2.83. The van der Waals surface area contributed by atoms with Crippen LogP contribution in [0.1, 0.15) is 32.3 Å². The molecule has 30 heavy (non-hydrogen) atoms. The molecule has 0 aliphatic carbocycles. The molecule has 0 unspecified atom stereocenters. The molecule has 162 valence electrons. The van der Waals surface area contributed by atoms with E-state index in [9.17, 15) is 13.2 Å². The molecule has 1 aromatic heterocycles. The summed E-state index contributed by atoms with van der Waals surface area (Å²) in [6.07, 6.45) is 4.12. The van der Waals surface area contributed by atoms with Crippen molar-refractivity contribution in [2.45, 2.75) is 51.3 Å². The van der Waals surface area contributed by atoms with Crippen molar-refractivity contribution in [3.63, 3.8) is 0 Å². The van der Waals surface area contributed by atoms with Crippen LogP contribution < -0.4 is 4.72 Å². The third-order valence-corrected chi connectivity index (χ3v) is 5.79. The van der Waals surface area contributed by atoms with Gasteiger partial charge in [0.15, 0.2) is 0 Å². The van der Waals surface area contributed by atoms with Crippen LogP contribution in [-0.2, 0) is 21.2 Å². The maximum Gasteiger partial charge on any atom is 0.410 e. The van der Waals surface area contributed by atoms with E-state index in [0.29, 0.717) is 25.8 Å². The molecule has 1 fully saturated rings. The maximum atomic E-state index is 12.7. The Morgan fingerprint density at radius 2 is 2.00 bits per heavy atom. The summed E-state index contributed by atoms with van der Waals surface area (Å²) in [6, 6.07) is 13.0. The van der Waals surface area contributed by atoms with Gasteiger partial charge in [-0.3, -0.25) is 4.98 Å². The second-order valence-electron chi connectivity index (χ2n) is 7.95. The van der Waals surface area contributed by atoms with Crippen molar-refractivity contribution in [1.29, 1.82) is 0 Å². The third kappa shape index (κ3) is 6.03. The molecule has 0 saturated carbocycles. The average Bonchev–Trinajstić information content (AvgIpc) is 2.68. The molecule has 1 amide bonds. The van der Waals surface area contributed by atoms with Crippen LogP contribution in [0.4, 0.5) is 4.79 Å². The first kappa shape index (κ1) is 22.2. The number of amides is 1. The predicted octanol–water partition coefficient (Wildman–Crippen LogP) is 3.22. The molecule has 2 aromatic rings. The lowest BCUT2D eigenvalue weighted by Crippen LogP contribution is -2.58. The van der Waals surface area contributed by atoms with Gasteiger partial charge in [-0.15, -0.1) is 0 Å². The number of likely N-dealkylation sites (tertiary alicyclic amines) is 1. The van der Waals surface area contributed by atoms with Gasteiger partial charge in [-0.2, -0.15) is 0 Å². The van der Waals surface area contributed by atoms with E-state index < -0.39 is 16.1 Å². The summed E-state index contributed by atoms with van der Waals surface area (Å²) >= 11 is 0. The largest absolute Gasteiger partial charge is 0.447 e. The van der Waals surface area contributed by atoms with Gasteiger partial charge >= 0.3 is 6.09 Å². The molecular weight excluding hydrogens is 402 g/mol. The zero-order valence-corrected chi connectivity index (χ0v) is 18.4. The van der Waals surface area contributed by atoms with Crippen LogP contribution in [0.25, 0.3) is 11.3 Å². The number of nitrogens with zero attached hydrogens (tertiary/aromatic N) is 2. The Kier molecular flexibility index (Phi) is 7.10. The maximum absolute atomic E-state index is 12.7. The van der Waals surface area contributed by atoms with Crippen LogP contribution in [0.2, 0.25) is 0 Å². The van der Waals surface area contributed by atoms with E-state index in [0.717, 1.165) is 23.1 Å². The molecule has 2 heterocycles. The summed E-state index contributed by atoms with van der Waals surface area (Å²) in [6.45, 7) is 4.14. The SMILES string of the molecule is CC(C)OC(=O)N1CCC[C@H](NS(C)(=O)=O)[C@@H]1Cc1ccnc(-c2ccccc2)c1. The van der Waals surface area contributed by atoms with E-state index in [2.05, 4.69) is 9.71 Å². The summed E-state index contributed by atoms with van der Waals surface area (Å²) in [4.78, 5) is 18.8. The van der Waals surface area contributed by atoms with Crippen LogP contribution in [-0.4, -0.2) is 55.4 Å². The number of sulfonamides is 1. The lowest BCUT2D eigenvalue weighted by Gasteiger charge is -2.41. The van der Waals surface area contributed by atoms with Gasteiger partial charge in [-0.25, -0.2) is 17.9 Å². The van der Waals surface area contributed by atoms with Gasteiger partial charge < -0.3 is 9.64 Å². The number of pyridine rings is 1. The minimum Gasteiger partial charge on any atom is -0.447 e. The topological polar surface area (TPSA) is 88.6 Å². The summed E-state index contributed by atoms with van der Waals surface area (Å²) in [5.74, 6) is 0. The number of hydrogen-bond acceptors (Lipinski definition) is 5. The number of aromatic nitrogens is 1. The quantitative estimate of drug-likeness (QED) is 0.759. The number of carbonyl (C=O) groups is 1. The standard InChI is InChI=1S/C22H29N3O4S/c1-16(2)29-22(26)25-13-7-10-19(24-30(3,27)28)21(25)15-17-11-12-23-20(14-17)18-8-5-4-6-9-18/h4-6,8-9,11-12,14,16,19,21,24H,7,10,13,15H2,1-3H3/t19-,21-/m0/s1. The van der Waals surface area contributed by atoms with E-state index in [-0.39, 0.29) is 18.2 Å². The summed E-state index contributed by atoms with van der Waals surface area (Å²) < 4.78 is 32.0. The zero-order chi connectivity index (χ0) is 21.7. The highest BCUT2D eigenvalue weighted by molar-refractivity contribution is 7.88. The molecule has 3 rings (SSSR count). The smallest absolute Gasteiger partial charge is 0.410 e. The molecule has 1 aliphatic heterocycles. The van der Waals surface area contributed by atoms with Crippen molar-refractivity contribution in [1.82, 2.24) is 14.6 Å². The van der Waals surface area contributed by atoms with Gasteiger partial charge in [-0.05, 0) is 50.8 Å². The van der Waals surface area contributed by atoms with Crippen molar-refractivity contribution in [2.75, 3.05) is 12.8 Å². The van der Waals surface area contributed by atoms with E-state index in [1.165, 1.54) is 0 Å². The van der Waals surface area contributed by atoms with Crippen molar-refractivity contribution >= 4 is 16.1 Å². The fraction of sp³-hybridized carbons (Fsp3) is 0.455. The Morgan fingerprint density at radius 3 is 2.67 bits per heavy atom. The van der Waals surface area contributed by atoms with Gasteiger partial charge in [0.2, 0.25) is 10.0 Å². The van der Waals surface area contributed by atoms with Crippen molar-refractivity contribution in [2.24, 2.45) is 0 Å². The molecule has 1 aromatic carbocycles. The molecule has 7 nitrogen and oxygen atoms in total. The molecular formula is C22H29N3O4S. The lowest BCUT2D eigenvalue weighted by atomic mass is 9.91. The number of benzene rings is 1. The zero-order valence-electron chi connectivity index (χ0n) is 17.6. The predicted molar refractivity (Wildman–Crippen MR) is 116 cm³/mol. The normalized spacial score (nSPS) is 19.7. The second kappa shape index (κ2) is 9.57. The first-order chi connectivity index (χ1) is 14.2. The van der Waals surface area contributed by atoms with Crippen LogP contribution in [0, 0.1) is 0 Å². The van der Waals surface area contributed by atoms with Gasteiger partial charge in [0.25, 0.3) is 0 Å². The van der Waals surface area contributed by atoms with Crippen LogP contribution in [0.3, 0.4) is 0 Å². The third-order valence-electron chi connectivity index (χ3n) is 5.05. The minimum absolute atomic E-state index is 0.244. The van der Waals surface area contributed by atoms with Crippen molar-refractivity contribution in [3.05, 3.63) is 54.2 Å². The van der Waals surface area contributed by atoms with Gasteiger partial charge in [0, 0.05) is 24.3 Å². The Labute approximate surface area is 178 Å².